The number of hydrogen-bond donors (Lipinski definition) is 2. The number of esters is 1. The van der Waals surface area contributed by atoms with Crippen LogP contribution in [0.4, 0.5) is 5.69 Å². The first kappa shape index (κ1) is 21.6. The van der Waals surface area contributed by atoms with E-state index in [4.69, 9.17) is 10.00 Å². The molecule has 0 radical (unpaired) electrons. The first-order valence-electron chi connectivity index (χ1n) is 9.19. The summed E-state index contributed by atoms with van der Waals surface area (Å²) < 4.78 is 5.08. The van der Waals surface area contributed by atoms with E-state index in [0.717, 1.165) is 5.56 Å². The molecule has 150 valence electrons. The zero-order chi connectivity index (χ0) is 21.2. The summed E-state index contributed by atoms with van der Waals surface area (Å²) in [5.41, 5.74) is 1.80. The van der Waals surface area contributed by atoms with Crippen molar-refractivity contribution in [3.63, 3.8) is 0 Å². The second kappa shape index (κ2) is 10.6. The van der Waals surface area contributed by atoms with Crippen molar-refractivity contribution in [2.24, 2.45) is 5.92 Å². The summed E-state index contributed by atoms with van der Waals surface area (Å²) in [5, 5.41) is 14.0. The van der Waals surface area contributed by atoms with Gasteiger partial charge >= 0.3 is 5.97 Å². The maximum Gasteiger partial charge on any atom is 0.329 e. The summed E-state index contributed by atoms with van der Waals surface area (Å²) in [6, 6.07) is 16.6. The molecule has 0 saturated carbocycles. The van der Waals surface area contributed by atoms with Crippen LogP contribution in [0.5, 0.6) is 0 Å². The molecular formula is C22H23N3O4. The van der Waals surface area contributed by atoms with E-state index in [0.29, 0.717) is 11.3 Å². The Bertz CT molecular complexity index is 887. The summed E-state index contributed by atoms with van der Waals surface area (Å²) in [4.78, 5) is 36.6. The lowest BCUT2D eigenvalue weighted by Gasteiger charge is -2.20. The summed E-state index contributed by atoms with van der Waals surface area (Å²) in [6.07, 6.45) is 0.149. The number of rotatable bonds is 8. The van der Waals surface area contributed by atoms with Gasteiger partial charge in [0.2, 0.25) is 5.91 Å². The topological polar surface area (TPSA) is 108 Å². The Hall–Kier alpha value is -3.66. The van der Waals surface area contributed by atoms with Crippen LogP contribution >= 0.6 is 0 Å². The number of carbonyl (C=O) groups is 3. The molecule has 7 nitrogen and oxygen atoms in total. The van der Waals surface area contributed by atoms with E-state index >= 15 is 0 Å². The van der Waals surface area contributed by atoms with Gasteiger partial charge in [0.15, 0.2) is 6.61 Å². The predicted molar refractivity (Wildman–Crippen MR) is 108 cm³/mol. The lowest BCUT2D eigenvalue weighted by Crippen LogP contribution is -2.46. The fourth-order valence-electron chi connectivity index (χ4n) is 2.56. The van der Waals surface area contributed by atoms with E-state index in [1.165, 1.54) is 0 Å². The molecule has 0 spiro atoms. The van der Waals surface area contributed by atoms with Crippen molar-refractivity contribution in [3.8, 4) is 6.07 Å². The monoisotopic (exact) mass is 393 g/mol. The number of carbonyl (C=O) groups excluding carboxylic acids is 3. The summed E-state index contributed by atoms with van der Waals surface area (Å²) in [7, 11) is 0. The van der Waals surface area contributed by atoms with Gasteiger partial charge in [-0.15, -0.1) is 0 Å². The minimum atomic E-state index is -0.853. The normalized spacial score (nSPS) is 11.2. The zero-order valence-corrected chi connectivity index (χ0v) is 16.3. The Labute approximate surface area is 169 Å². The van der Waals surface area contributed by atoms with E-state index in [1.54, 1.807) is 38.1 Å². The smallest absolute Gasteiger partial charge is 0.329 e. The van der Waals surface area contributed by atoms with Gasteiger partial charge in [0.1, 0.15) is 6.04 Å². The van der Waals surface area contributed by atoms with Crippen molar-refractivity contribution >= 4 is 23.5 Å². The van der Waals surface area contributed by atoms with E-state index in [-0.39, 0.29) is 18.2 Å². The Morgan fingerprint density at radius 1 is 1.00 bits per heavy atom. The standard InChI is InChI=1S/C22H23N3O4/c1-15(2)21(25-19(26)12-16-6-4-3-5-7-16)22(28)29-14-20(27)24-18-10-8-17(13-23)9-11-18/h3-11,15,21H,12,14H2,1-2H3,(H,24,27)(H,25,26)/t21-/m0/s1. The van der Waals surface area contributed by atoms with Crippen molar-refractivity contribution in [2.45, 2.75) is 26.3 Å². The number of amides is 2. The third-order valence-corrected chi connectivity index (χ3v) is 4.09. The Kier molecular flexibility index (Phi) is 7.92. The van der Waals surface area contributed by atoms with Gasteiger partial charge in [0, 0.05) is 5.69 Å². The predicted octanol–water partition coefficient (Wildman–Crippen LogP) is 2.42. The number of hydrogen-bond acceptors (Lipinski definition) is 5. The molecule has 0 bridgehead atoms. The Morgan fingerprint density at radius 3 is 2.24 bits per heavy atom. The number of benzene rings is 2. The maximum absolute atomic E-state index is 12.4. The van der Waals surface area contributed by atoms with Gasteiger partial charge in [-0.25, -0.2) is 4.79 Å². The van der Waals surface area contributed by atoms with Crippen LogP contribution in [0.1, 0.15) is 25.0 Å². The van der Waals surface area contributed by atoms with Crippen molar-refractivity contribution in [1.82, 2.24) is 5.32 Å². The maximum atomic E-state index is 12.4. The number of nitrogens with zero attached hydrogens (tertiary/aromatic N) is 1. The van der Waals surface area contributed by atoms with Crippen LogP contribution in [0.25, 0.3) is 0 Å². The van der Waals surface area contributed by atoms with Gasteiger partial charge < -0.3 is 15.4 Å². The van der Waals surface area contributed by atoms with Crippen molar-refractivity contribution in [2.75, 3.05) is 11.9 Å². The minimum absolute atomic E-state index is 0.149. The molecule has 2 aromatic carbocycles. The molecule has 0 aromatic heterocycles. The van der Waals surface area contributed by atoms with Crippen molar-refractivity contribution in [1.29, 1.82) is 5.26 Å². The summed E-state index contributed by atoms with van der Waals surface area (Å²) in [5.74, 6) is -1.68. The molecule has 0 fully saturated rings. The molecule has 2 rings (SSSR count). The van der Waals surface area contributed by atoms with Gasteiger partial charge in [-0.1, -0.05) is 44.2 Å². The Balaban J connectivity index is 1.85. The highest BCUT2D eigenvalue weighted by atomic mass is 16.5. The number of ether oxygens (including phenoxy) is 1. The second-order valence-electron chi connectivity index (χ2n) is 6.80. The number of nitriles is 1. The molecule has 7 heteroatoms. The third kappa shape index (κ3) is 7.11. The molecule has 0 saturated heterocycles. The van der Waals surface area contributed by atoms with Gasteiger partial charge in [0.05, 0.1) is 18.1 Å². The minimum Gasteiger partial charge on any atom is -0.454 e. The Morgan fingerprint density at radius 2 is 1.66 bits per heavy atom. The van der Waals surface area contributed by atoms with E-state index in [1.807, 2.05) is 36.4 Å². The fourth-order valence-corrected chi connectivity index (χ4v) is 2.56. The SMILES string of the molecule is CC(C)[C@H](NC(=O)Cc1ccccc1)C(=O)OCC(=O)Nc1ccc(C#N)cc1. The highest BCUT2D eigenvalue weighted by Gasteiger charge is 2.26. The summed E-state index contributed by atoms with van der Waals surface area (Å²) >= 11 is 0. The average Bonchev–Trinajstić information content (AvgIpc) is 2.71. The van der Waals surface area contributed by atoms with Crippen LogP contribution in [-0.2, 0) is 25.5 Å². The molecule has 0 aliphatic rings. The number of anilines is 1. The van der Waals surface area contributed by atoms with Crippen LogP contribution < -0.4 is 10.6 Å². The van der Waals surface area contributed by atoms with Gasteiger partial charge in [0.25, 0.3) is 5.91 Å². The van der Waals surface area contributed by atoms with Crippen LogP contribution in [0.3, 0.4) is 0 Å². The fraction of sp³-hybridized carbons (Fsp3) is 0.273. The van der Waals surface area contributed by atoms with Crippen molar-refractivity contribution < 1.29 is 19.1 Å². The van der Waals surface area contributed by atoms with Crippen molar-refractivity contribution in [3.05, 3.63) is 65.7 Å². The summed E-state index contributed by atoms with van der Waals surface area (Å²) in [6.45, 7) is 3.09. The van der Waals surface area contributed by atoms with E-state index < -0.39 is 24.5 Å². The van der Waals surface area contributed by atoms with Crippen LogP contribution in [0, 0.1) is 17.2 Å². The molecule has 29 heavy (non-hydrogen) atoms. The molecule has 0 unspecified atom stereocenters. The van der Waals surface area contributed by atoms with Crippen LogP contribution in [0.15, 0.2) is 54.6 Å². The molecule has 0 aliphatic heterocycles. The number of nitrogens with one attached hydrogen (secondary N) is 2. The molecule has 1 atom stereocenters. The lowest BCUT2D eigenvalue weighted by molar-refractivity contribution is -0.151. The van der Waals surface area contributed by atoms with E-state index in [9.17, 15) is 14.4 Å². The highest BCUT2D eigenvalue weighted by Crippen LogP contribution is 2.09. The van der Waals surface area contributed by atoms with Gasteiger partial charge in [-0.05, 0) is 35.7 Å². The molecule has 2 aromatic rings. The molecule has 0 heterocycles. The molecule has 2 N–H and O–H groups in total. The van der Waals surface area contributed by atoms with E-state index in [2.05, 4.69) is 10.6 Å². The first-order valence-corrected chi connectivity index (χ1v) is 9.19. The highest BCUT2D eigenvalue weighted by molar-refractivity contribution is 5.93. The first-order chi connectivity index (χ1) is 13.9. The lowest BCUT2D eigenvalue weighted by atomic mass is 10.0. The molecule has 0 aliphatic carbocycles. The molecular weight excluding hydrogens is 370 g/mol. The largest absolute Gasteiger partial charge is 0.454 e. The van der Waals surface area contributed by atoms with Crippen LogP contribution in [-0.4, -0.2) is 30.4 Å². The van der Waals surface area contributed by atoms with Gasteiger partial charge in [-0.2, -0.15) is 5.26 Å². The third-order valence-electron chi connectivity index (χ3n) is 4.09. The van der Waals surface area contributed by atoms with Gasteiger partial charge in [-0.3, -0.25) is 9.59 Å². The quantitative estimate of drug-likeness (QED) is 0.670. The van der Waals surface area contributed by atoms with Crippen LogP contribution in [0.2, 0.25) is 0 Å². The average molecular weight is 393 g/mol. The second-order valence-corrected chi connectivity index (χ2v) is 6.80. The zero-order valence-electron chi connectivity index (χ0n) is 16.3. The molecule has 2 amide bonds.